The molecule has 0 aliphatic carbocycles. The molecular formula is C6H12O5. The molecule has 1 aliphatic rings. The maximum absolute atomic E-state index is 9.18. The lowest BCUT2D eigenvalue weighted by atomic mass is 10.2. The van der Waals surface area contributed by atoms with Gasteiger partial charge in [-0.3, -0.25) is 0 Å². The summed E-state index contributed by atoms with van der Waals surface area (Å²) >= 11 is 0. The smallest absolute Gasteiger partial charge is 0.189 e. The molecule has 1 heterocycles. The second kappa shape index (κ2) is 3.46. The minimum atomic E-state index is -1.04. The van der Waals surface area contributed by atoms with Crippen molar-refractivity contribution < 1.29 is 24.4 Å². The highest BCUT2D eigenvalue weighted by atomic mass is 16.8. The van der Waals surface area contributed by atoms with Crippen LogP contribution >= 0.6 is 0 Å². The van der Waals surface area contributed by atoms with Gasteiger partial charge in [0.05, 0.1) is 0 Å². The normalized spacial score (nSPS) is 44.7. The lowest BCUT2D eigenvalue weighted by Crippen LogP contribution is -2.33. The van der Waals surface area contributed by atoms with E-state index in [1.165, 1.54) is 14.2 Å². The van der Waals surface area contributed by atoms with E-state index in [2.05, 4.69) is 0 Å². The first-order valence-corrected chi connectivity index (χ1v) is 3.28. The van der Waals surface area contributed by atoms with Gasteiger partial charge < -0.3 is 24.4 Å². The van der Waals surface area contributed by atoms with Crippen molar-refractivity contribution in [2.24, 2.45) is 0 Å². The van der Waals surface area contributed by atoms with Crippen molar-refractivity contribution in [3.8, 4) is 0 Å². The summed E-state index contributed by atoms with van der Waals surface area (Å²) in [7, 11) is 2.78. The molecule has 0 amide bonds. The minimum Gasteiger partial charge on any atom is -0.385 e. The van der Waals surface area contributed by atoms with Crippen molar-refractivity contribution in [2.75, 3.05) is 14.2 Å². The Bertz CT molecular complexity index is 110. The maximum atomic E-state index is 9.18. The number of methoxy groups -OCH3 is 2. The van der Waals surface area contributed by atoms with Gasteiger partial charge >= 0.3 is 0 Å². The van der Waals surface area contributed by atoms with Gasteiger partial charge in [-0.1, -0.05) is 0 Å². The molecule has 0 aromatic rings. The first-order valence-electron chi connectivity index (χ1n) is 3.28. The summed E-state index contributed by atoms with van der Waals surface area (Å²) in [4.78, 5) is 0. The molecule has 11 heavy (non-hydrogen) atoms. The fourth-order valence-corrected chi connectivity index (χ4v) is 1.01. The molecule has 0 aromatic carbocycles. The van der Waals surface area contributed by atoms with E-state index in [1.54, 1.807) is 0 Å². The number of ether oxygens (including phenoxy) is 3. The van der Waals surface area contributed by atoms with Crippen LogP contribution in [0.25, 0.3) is 0 Å². The SMILES string of the molecule is CO[C@H]1O[C@H](OC)[C@H](O)[C@H]1O. The van der Waals surface area contributed by atoms with E-state index >= 15 is 0 Å². The van der Waals surface area contributed by atoms with E-state index in [-0.39, 0.29) is 0 Å². The van der Waals surface area contributed by atoms with Crippen LogP contribution in [0.3, 0.4) is 0 Å². The molecular weight excluding hydrogens is 152 g/mol. The standard InChI is InChI=1S/C6H12O5/c1-9-5-3(7)4(8)6(10-2)11-5/h3-8H,1-2H3/t3-,4-,5+,6+/m1/s1. The van der Waals surface area contributed by atoms with E-state index in [1.807, 2.05) is 0 Å². The fraction of sp³-hybridized carbons (Fsp3) is 1.00. The first-order chi connectivity index (χ1) is 5.20. The van der Waals surface area contributed by atoms with Crippen LogP contribution in [0, 0.1) is 0 Å². The van der Waals surface area contributed by atoms with Crippen LogP contribution in [-0.2, 0) is 14.2 Å². The van der Waals surface area contributed by atoms with Gasteiger partial charge in [-0.2, -0.15) is 0 Å². The Morgan fingerprint density at radius 2 is 1.36 bits per heavy atom. The first kappa shape index (κ1) is 8.89. The molecule has 1 rings (SSSR count). The summed E-state index contributed by atoms with van der Waals surface area (Å²) in [5.74, 6) is 0. The lowest BCUT2D eigenvalue weighted by molar-refractivity contribution is -0.205. The Kier molecular flexibility index (Phi) is 2.80. The van der Waals surface area contributed by atoms with Crippen LogP contribution in [0.5, 0.6) is 0 Å². The molecule has 0 bridgehead atoms. The molecule has 0 radical (unpaired) electrons. The Morgan fingerprint density at radius 3 is 1.55 bits per heavy atom. The van der Waals surface area contributed by atoms with Crippen LogP contribution in [0.15, 0.2) is 0 Å². The molecule has 2 N–H and O–H groups in total. The number of hydrogen-bond acceptors (Lipinski definition) is 5. The number of hydrogen-bond donors (Lipinski definition) is 2. The highest BCUT2D eigenvalue weighted by Gasteiger charge is 2.43. The highest BCUT2D eigenvalue weighted by molar-refractivity contribution is 4.81. The molecule has 0 spiro atoms. The monoisotopic (exact) mass is 164 g/mol. The van der Waals surface area contributed by atoms with E-state index in [9.17, 15) is 10.2 Å². The molecule has 1 fully saturated rings. The van der Waals surface area contributed by atoms with Crippen LogP contribution in [0.1, 0.15) is 0 Å². The Hall–Kier alpha value is -0.200. The van der Waals surface area contributed by atoms with E-state index in [4.69, 9.17) is 14.2 Å². The summed E-state index contributed by atoms with van der Waals surface area (Å²) < 4.78 is 14.4. The van der Waals surface area contributed by atoms with Gasteiger partial charge in [0.15, 0.2) is 12.6 Å². The highest BCUT2D eigenvalue weighted by Crippen LogP contribution is 2.21. The van der Waals surface area contributed by atoms with Gasteiger partial charge in [0.2, 0.25) is 0 Å². The zero-order valence-electron chi connectivity index (χ0n) is 6.43. The van der Waals surface area contributed by atoms with E-state index in [0.717, 1.165) is 0 Å². The molecule has 0 aromatic heterocycles. The predicted molar refractivity (Wildman–Crippen MR) is 34.7 cm³/mol. The van der Waals surface area contributed by atoms with Crippen LogP contribution in [0.2, 0.25) is 0 Å². The van der Waals surface area contributed by atoms with Crippen molar-refractivity contribution in [2.45, 2.75) is 24.8 Å². The summed E-state index contributed by atoms with van der Waals surface area (Å²) in [6.07, 6.45) is -3.67. The lowest BCUT2D eigenvalue weighted by Gasteiger charge is -2.10. The molecule has 1 saturated heterocycles. The Balaban J connectivity index is 2.53. The van der Waals surface area contributed by atoms with Crippen molar-refractivity contribution >= 4 is 0 Å². The third-order valence-corrected chi connectivity index (χ3v) is 1.64. The molecule has 5 nitrogen and oxygen atoms in total. The summed E-state index contributed by atoms with van der Waals surface area (Å²) in [5, 5.41) is 18.4. The third kappa shape index (κ3) is 1.52. The Labute approximate surface area is 64.5 Å². The number of aliphatic hydroxyl groups excluding tert-OH is 2. The molecule has 66 valence electrons. The van der Waals surface area contributed by atoms with Gasteiger partial charge in [-0.15, -0.1) is 0 Å². The minimum absolute atomic E-state index is 0.796. The molecule has 5 heteroatoms. The number of rotatable bonds is 2. The van der Waals surface area contributed by atoms with Crippen molar-refractivity contribution in [3.63, 3.8) is 0 Å². The van der Waals surface area contributed by atoms with Gasteiger partial charge in [-0.25, -0.2) is 0 Å². The van der Waals surface area contributed by atoms with Gasteiger partial charge in [0.25, 0.3) is 0 Å². The van der Waals surface area contributed by atoms with Crippen molar-refractivity contribution in [3.05, 3.63) is 0 Å². The molecule has 1 aliphatic heterocycles. The van der Waals surface area contributed by atoms with Gasteiger partial charge in [-0.05, 0) is 0 Å². The zero-order valence-corrected chi connectivity index (χ0v) is 6.43. The van der Waals surface area contributed by atoms with Crippen LogP contribution < -0.4 is 0 Å². The summed E-state index contributed by atoms with van der Waals surface area (Å²) in [5.41, 5.74) is 0. The van der Waals surface area contributed by atoms with Gasteiger partial charge in [0.1, 0.15) is 12.2 Å². The summed E-state index contributed by atoms with van der Waals surface area (Å²) in [6, 6.07) is 0. The second-order valence-electron chi connectivity index (χ2n) is 2.33. The van der Waals surface area contributed by atoms with Gasteiger partial charge in [0, 0.05) is 14.2 Å². The predicted octanol–water partition coefficient (Wildman–Crippen LogP) is -1.32. The van der Waals surface area contributed by atoms with Crippen LogP contribution in [-0.4, -0.2) is 49.2 Å². The average molecular weight is 164 g/mol. The molecule has 4 atom stereocenters. The third-order valence-electron chi connectivity index (χ3n) is 1.64. The second-order valence-corrected chi connectivity index (χ2v) is 2.33. The Morgan fingerprint density at radius 1 is 1.00 bits per heavy atom. The van der Waals surface area contributed by atoms with E-state index < -0.39 is 24.8 Å². The molecule has 0 saturated carbocycles. The van der Waals surface area contributed by atoms with Crippen molar-refractivity contribution in [1.29, 1.82) is 0 Å². The van der Waals surface area contributed by atoms with E-state index in [0.29, 0.717) is 0 Å². The molecule has 0 unspecified atom stereocenters. The maximum Gasteiger partial charge on any atom is 0.189 e. The topological polar surface area (TPSA) is 68.2 Å². The zero-order chi connectivity index (χ0) is 8.43. The largest absolute Gasteiger partial charge is 0.385 e. The van der Waals surface area contributed by atoms with Crippen LogP contribution in [0.4, 0.5) is 0 Å². The van der Waals surface area contributed by atoms with Crippen molar-refractivity contribution in [1.82, 2.24) is 0 Å². The number of aliphatic hydroxyl groups is 2. The quantitative estimate of drug-likeness (QED) is 0.530. The fourth-order valence-electron chi connectivity index (χ4n) is 1.01. The average Bonchev–Trinajstić information content (AvgIpc) is 2.30. The summed E-state index contributed by atoms with van der Waals surface area (Å²) in [6.45, 7) is 0.